The van der Waals surface area contributed by atoms with Gasteiger partial charge in [0.1, 0.15) is 5.75 Å². The molecule has 2 N–H and O–H groups in total. The summed E-state index contributed by atoms with van der Waals surface area (Å²) in [4.78, 5) is 4.20. The first-order chi connectivity index (χ1) is 9.30. The van der Waals surface area contributed by atoms with E-state index >= 15 is 0 Å². The van der Waals surface area contributed by atoms with Crippen LogP contribution in [0.2, 0.25) is 0 Å². The number of guanidine groups is 1. The molecule has 0 fully saturated rings. The van der Waals surface area contributed by atoms with Gasteiger partial charge in [0, 0.05) is 20.1 Å². The number of nitrogens with zero attached hydrogens (tertiary/aromatic N) is 1. The van der Waals surface area contributed by atoms with E-state index in [0.29, 0.717) is 6.61 Å². The van der Waals surface area contributed by atoms with Crippen molar-refractivity contribution in [1.82, 2.24) is 10.6 Å². The van der Waals surface area contributed by atoms with Gasteiger partial charge in [-0.1, -0.05) is 25.5 Å². The summed E-state index contributed by atoms with van der Waals surface area (Å²) >= 11 is 0. The molecule has 4 heteroatoms. The van der Waals surface area contributed by atoms with Gasteiger partial charge in [-0.25, -0.2) is 0 Å². The Hall–Kier alpha value is -1.71. The SMILES string of the molecule is CCCCNC(=NC)NCc1cccc(OCC)c1. The lowest BCUT2D eigenvalue weighted by molar-refractivity contribution is 0.340. The topological polar surface area (TPSA) is 45.7 Å². The van der Waals surface area contributed by atoms with E-state index in [1.807, 2.05) is 19.1 Å². The summed E-state index contributed by atoms with van der Waals surface area (Å²) in [5.74, 6) is 1.76. The van der Waals surface area contributed by atoms with Gasteiger partial charge >= 0.3 is 0 Å². The Labute approximate surface area is 116 Å². The second-order valence-electron chi connectivity index (χ2n) is 4.29. The fraction of sp³-hybridized carbons (Fsp3) is 0.533. The first-order valence-electron chi connectivity index (χ1n) is 6.96. The maximum Gasteiger partial charge on any atom is 0.191 e. The maximum atomic E-state index is 5.49. The Morgan fingerprint density at radius 1 is 1.26 bits per heavy atom. The predicted octanol–water partition coefficient (Wildman–Crippen LogP) is 2.55. The van der Waals surface area contributed by atoms with Gasteiger partial charge in [-0.2, -0.15) is 0 Å². The molecule has 1 rings (SSSR count). The average Bonchev–Trinajstić information content (AvgIpc) is 2.43. The van der Waals surface area contributed by atoms with Crippen LogP contribution in [-0.2, 0) is 6.54 Å². The minimum Gasteiger partial charge on any atom is -0.494 e. The van der Waals surface area contributed by atoms with Gasteiger partial charge in [-0.3, -0.25) is 4.99 Å². The Morgan fingerprint density at radius 3 is 2.79 bits per heavy atom. The second-order valence-corrected chi connectivity index (χ2v) is 4.29. The average molecular weight is 263 g/mol. The standard InChI is InChI=1S/C15H25N3O/c1-4-6-10-17-15(16-3)18-12-13-8-7-9-14(11-13)19-5-2/h7-9,11H,4-6,10,12H2,1-3H3,(H2,16,17,18). The summed E-state index contributed by atoms with van der Waals surface area (Å²) in [7, 11) is 1.79. The van der Waals surface area contributed by atoms with Crippen molar-refractivity contribution in [2.24, 2.45) is 4.99 Å². The number of rotatable bonds is 7. The minimum absolute atomic E-state index is 0.692. The number of hydrogen-bond donors (Lipinski definition) is 2. The number of hydrogen-bond acceptors (Lipinski definition) is 2. The molecule has 0 bridgehead atoms. The molecule has 19 heavy (non-hydrogen) atoms. The van der Waals surface area contributed by atoms with E-state index in [2.05, 4.69) is 34.7 Å². The molecule has 0 amide bonds. The van der Waals surface area contributed by atoms with Crippen LogP contribution in [0.15, 0.2) is 29.3 Å². The smallest absolute Gasteiger partial charge is 0.191 e. The molecule has 4 nitrogen and oxygen atoms in total. The van der Waals surface area contributed by atoms with Crippen LogP contribution in [0.4, 0.5) is 0 Å². The minimum atomic E-state index is 0.692. The lowest BCUT2D eigenvalue weighted by Gasteiger charge is -2.12. The Morgan fingerprint density at radius 2 is 2.11 bits per heavy atom. The number of nitrogens with one attached hydrogen (secondary N) is 2. The summed E-state index contributed by atoms with van der Waals surface area (Å²) in [5, 5.41) is 6.59. The van der Waals surface area contributed by atoms with Crippen molar-refractivity contribution < 1.29 is 4.74 Å². The quantitative estimate of drug-likeness (QED) is 0.451. The number of benzene rings is 1. The predicted molar refractivity (Wildman–Crippen MR) is 80.7 cm³/mol. The second kappa shape index (κ2) is 9.25. The van der Waals surface area contributed by atoms with Gasteiger partial charge in [0.2, 0.25) is 0 Å². The Balaban J connectivity index is 2.43. The third-order valence-corrected chi connectivity index (χ3v) is 2.72. The molecule has 0 spiro atoms. The molecule has 0 radical (unpaired) electrons. The van der Waals surface area contributed by atoms with E-state index in [0.717, 1.165) is 31.2 Å². The van der Waals surface area contributed by atoms with Crippen LogP contribution < -0.4 is 15.4 Å². The van der Waals surface area contributed by atoms with E-state index in [9.17, 15) is 0 Å². The number of unbranched alkanes of at least 4 members (excludes halogenated alkanes) is 1. The summed E-state index contributed by atoms with van der Waals surface area (Å²) in [6.45, 7) is 6.56. The van der Waals surface area contributed by atoms with Gasteiger partial charge in [-0.05, 0) is 31.0 Å². The first-order valence-corrected chi connectivity index (χ1v) is 6.96. The molecule has 0 unspecified atom stereocenters. The summed E-state index contributed by atoms with van der Waals surface area (Å²) < 4.78 is 5.49. The fourth-order valence-corrected chi connectivity index (χ4v) is 1.70. The molecule has 0 atom stereocenters. The van der Waals surface area contributed by atoms with Crippen LogP contribution in [0, 0.1) is 0 Å². The van der Waals surface area contributed by atoms with Crippen LogP contribution in [0.3, 0.4) is 0 Å². The lowest BCUT2D eigenvalue weighted by atomic mass is 10.2. The number of ether oxygens (including phenoxy) is 1. The van der Waals surface area contributed by atoms with Crippen LogP contribution in [0.5, 0.6) is 5.75 Å². The molecule has 0 saturated heterocycles. The lowest BCUT2D eigenvalue weighted by Crippen LogP contribution is -2.37. The number of aliphatic imine (C=N–C) groups is 1. The summed E-state index contributed by atoms with van der Waals surface area (Å²) in [5.41, 5.74) is 1.18. The van der Waals surface area contributed by atoms with E-state index in [4.69, 9.17) is 4.74 Å². The highest BCUT2D eigenvalue weighted by atomic mass is 16.5. The van der Waals surface area contributed by atoms with Crippen LogP contribution in [0.25, 0.3) is 0 Å². The molecular weight excluding hydrogens is 238 g/mol. The zero-order valence-electron chi connectivity index (χ0n) is 12.2. The van der Waals surface area contributed by atoms with E-state index in [1.165, 1.54) is 12.0 Å². The van der Waals surface area contributed by atoms with E-state index in [-0.39, 0.29) is 0 Å². The highest BCUT2D eigenvalue weighted by Gasteiger charge is 1.99. The van der Waals surface area contributed by atoms with Gasteiger partial charge in [0.05, 0.1) is 6.61 Å². The van der Waals surface area contributed by atoms with Gasteiger partial charge in [-0.15, -0.1) is 0 Å². The fourth-order valence-electron chi connectivity index (χ4n) is 1.70. The normalized spacial score (nSPS) is 11.2. The van der Waals surface area contributed by atoms with E-state index < -0.39 is 0 Å². The highest BCUT2D eigenvalue weighted by Crippen LogP contribution is 2.12. The van der Waals surface area contributed by atoms with Crippen molar-refractivity contribution in [3.8, 4) is 5.75 Å². The Kier molecular flexibility index (Phi) is 7.47. The molecule has 0 aromatic heterocycles. The summed E-state index contributed by atoms with van der Waals surface area (Å²) in [6, 6.07) is 8.11. The van der Waals surface area contributed by atoms with Crippen molar-refractivity contribution in [3.05, 3.63) is 29.8 Å². The largest absolute Gasteiger partial charge is 0.494 e. The zero-order chi connectivity index (χ0) is 13.9. The zero-order valence-corrected chi connectivity index (χ0v) is 12.2. The molecule has 1 aromatic rings. The van der Waals surface area contributed by atoms with Crippen LogP contribution in [0.1, 0.15) is 32.3 Å². The molecule has 106 valence electrons. The molecule has 0 aliphatic rings. The third kappa shape index (κ3) is 6.13. The van der Waals surface area contributed by atoms with Crippen molar-refractivity contribution in [2.45, 2.75) is 33.2 Å². The van der Waals surface area contributed by atoms with Gasteiger partial charge in [0.15, 0.2) is 5.96 Å². The third-order valence-electron chi connectivity index (χ3n) is 2.72. The molecular formula is C15H25N3O. The van der Waals surface area contributed by atoms with Crippen molar-refractivity contribution >= 4 is 5.96 Å². The van der Waals surface area contributed by atoms with Gasteiger partial charge < -0.3 is 15.4 Å². The monoisotopic (exact) mass is 263 g/mol. The molecule has 0 aliphatic carbocycles. The van der Waals surface area contributed by atoms with Crippen molar-refractivity contribution in [1.29, 1.82) is 0 Å². The molecule has 0 heterocycles. The first kappa shape index (κ1) is 15.3. The van der Waals surface area contributed by atoms with Crippen LogP contribution in [-0.4, -0.2) is 26.2 Å². The molecule has 1 aromatic carbocycles. The highest BCUT2D eigenvalue weighted by molar-refractivity contribution is 5.79. The molecule has 0 saturated carbocycles. The van der Waals surface area contributed by atoms with E-state index in [1.54, 1.807) is 7.05 Å². The van der Waals surface area contributed by atoms with Crippen LogP contribution >= 0.6 is 0 Å². The van der Waals surface area contributed by atoms with Crippen molar-refractivity contribution in [3.63, 3.8) is 0 Å². The Bertz CT molecular complexity index is 391. The molecule has 0 aliphatic heterocycles. The van der Waals surface area contributed by atoms with Crippen molar-refractivity contribution in [2.75, 3.05) is 20.2 Å². The van der Waals surface area contributed by atoms with Gasteiger partial charge in [0.25, 0.3) is 0 Å². The summed E-state index contributed by atoms with van der Waals surface area (Å²) in [6.07, 6.45) is 2.33. The maximum absolute atomic E-state index is 5.49.